The van der Waals surface area contributed by atoms with Gasteiger partial charge in [0.05, 0.1) is 17.2 Å². The molecule has 0 fully saturated rings. The summed E-state index contributed by atoms with van der Waals surface area (Å²) in [5, 5.41) is 12.9. The van der Waals surface area contributed by atoms with Gasteiger partial charge in [-0.1, -0.05) is 0 Å². The van der Waals surface area contributed by atoms with Gasteiger partial charge in [-0.3, -0.25) is 0 Å². The zero-order valence-corrected chi connectivity index (χ0v) is 9.60. The fourth-order valence-corrected chi connectivity index (χ4v) is 1.96. The van der Waals surface area contributed by atoms with Crippen molar-refractivity contribution in [3.05, 3.63) is 29.3 Å². The van der Waals surface area contributed by atoms with Gasteiger partial charge in [-0.15, -0.1) is 0 Å². The van der Waals surface area contributed by atoms with Crippen molar-refractivity contribution < 1.29 is 18.3 Å². The molecule has 0 amide bonds. The van der Waals surface area contributed by atoms with E-state index in [1.54, 1.807) is 13.8 Å². The Labute approximate surface area is 97.5 Å². The highest BCUT2D eigenvalue weighted by molar-refractivity contribution is 5.59. The van der Waals surface area contributed by atoms with E-state index in [-0.39, 0.29) is 6.04 Å². The first-order valence-electron chi connectivity index (χ1n) is 5.37. The second-order valence-electron chi connectivity index (χ2n) is 4.92. The molecule has 94 valence electrons. The molecule has 0 saturated carbocycles. The van der Waals surface area contributed by atoms with Gasteiger partial charge < -0.3 is 10.4 Å². The summed E-state index contributed by atoms with van der Waals surface area (Å²) >= 11 is 0. The second-order valence-corrected chi connectivity index (χ2v) is 4.92. The fraction of sp³-hybridized carbons (Fsp3) is 0.500. The molecule has 5 heteroatoms. The van der Waals surface area contributed by atoms with E-state index in [4.69, 9.17) is 0 Å². The largest absolute Gasteiger partial charge is 0.416 e. The van der Waals surface area contributed by atoms with Crippen LogP contribution in [0.3, 0.4) is 0 Å². The van der Waals surface area contributed by atoms with Gasteiger partial charge in [-0.2, -0.15) is 13.2 Å². The summed E-state index contributed by atoms with van der Waals surface area (Å²) in [6.07, 6.45) is -3.91. The number of hydrogen-bond donors (Lipinski definition) is 2. The molecule has 2 rings (SSSR count). The van der Waals surface area contributed by atoms with E-state index in [0.29, 0.717) is 17.7 Å². The molecular weight excluding hydrogens is 231 g/mol. The maximum absolute atomic E-state index is 12.5. The highest BCUT2D eigenvalue weighted by Crippen LogP contribution is 2.36. The van der Waals surface area contributed by atoms with Gasteiger partial charge in [0.25, 0.3) is 0 Å². The first kappa shape index (κ1) is 12.2. The maximum atomic E-state index is 12.5. The standard InChI is InChI=1S/C12H14F3NO/c1-11(2,17)10-6-7-5-8(12(13,14)15)3-4-9(7)16-10/h3-5,10,16-17H,6H2,1-2H3. The van der Waals surface area contributed by atoms with E-state index >= 15 is 0 Å². The number of halogens is 3. The number of alkyl halides is 3. The van der Waals surface area contributed by atoms with Crippen LogP contribution in [0.15, 0.2) is 18.2 Å². The highest BCUT2D eigenvalue weighted by Gasteiger charge is 2.35. The predicted molar refractivity (Wildman–Crippen MR) is 58.9 cm³/mol. The minimum Gasteiger partial charge on any atom is -0.388 e. The molecule has 0 aromatic heterocycles. The van der Waals surface area contributed by atoms with Gasteiger partial charge in [0, 0.05) is 5.69 Å². The minimum absolute atomic E-state index is 0.249. The predicted octanol–water partition coefficient (Wildman–Crippen LogP) is 2.81. The number of aliphatic hydroxyl groups is 1. The van der Waals surface area contributed by atoms with Crippen LogP contribution in [0.5, 0.6) is 0 Å². The van der Waals surface area contributed by atoms with E-state index in [2.05, 4.69) is 5.32 Å². The fourth-order valence-electron chi connectivity index (χ4n) is 1.96. The Kier molecular flexibility index (Phi) is 2.61. The van der Waals surface area contributed by atoms with Gasteiger partial charge in [-0.05, 0) is 44.0 Å². The number of benzene rings is 1. The van der Waals surface area contributed by atoms with Crippen LogP contribution in [0, 0.1) is 0 Å². The Morgan fingerprint density at radius 2 is 1.94 bits per heavy atom. The van der Waals surface area contributed by atoms with Crippen molar-refractivity contribution in [1.82, 2.24) is 0 Å². The Bertz CT molecular complexity index is 434. The Morgan fingerprint density at radius 1 is 1.29 bits per heavy atom. The Hall–Kier alpha value is -1.23. The molecule has 2 N–H and O–H groups in total. The van der Waals surface area contributed by atoms with E-state index < -0.39 is 17.3 Å². The molecule has 0 spiro atoms. The van der Waals surface area contributed by atoms with Crippen molar-refractivity contribution in [2.24, 2.45) is 0 Å². The molecule has 1 atom stereocenters. The first-order chi connectivity index (χ1) is 7.68. The Morgan fingerprint density at radius 3 is 2.47 bits per heavy atom. The van der Waals surface area contributed by atoms with Crippen LogP contribution in [0.25, 0.3) is 0 Å². The zero-order valence-electron chi connectivity index (χ0n) is 9.60. The minimum atomic E-state index is -4.32. The van der Waals surface area contributed by atoms with Crippen LogP contribution in [0.2, 0.25) is 0 Å². The lowest BCUT2D eigenvalue weighted by molar-refractivity contribution is -0.137. The molecule has 1 aromatic carbocycles. The van der Waals surface area contributed by atoms with E-state index in [9.17, 15) is 18.3 Å². The average molecular weight is 245 g/mol. The monoisotopic (exact) mass is 245 g/mol. The van der Waals surface area contributed by atoms with Gasteiger partial charge in [0.2, 0.25) is 0 Å². The third-order valence-electron chi connectivity index (χ3n) is 3.04. The van der Waals surface area contributed by atoms with E-state index in [1.165, 1.54) is 6.07 Å². The second kappa shape index (κ2) is 3.63. The first-order valence-corrected chi connectivity index (χ1v) is 5.37. The molecule has 1 unspecified atom stereocenters. The van der Waals surface area contributed by atoms with Crippen molar-refractivity contribution in [1.29, 1.82) is 0 Å². The van der Waals surface area contributed by atoms with Crippen LogP contribution in [0.4, 0.5) is 18.9 Å². The topological polar surface area (TPSA) is 32.3 Å². The van der Waals surface area contributed by atoms with Crippen LogP contribution < -0.4 is 5.32 Å². The molecular formula is C12H14F3NO. The van der Waals surface area contributed by atoms with Crippen LogP contribution in [-0.4, -0.2) is 16.7 Å². The summed E-state index contributed by atoms with van der Waals surface area (Å²) in [6, 6.07) is 3.37. The maximum Gasteiger partial charge on any atom is 0.416 e. The Balaban J connectivity index is 2.29. The third kappa shape index (κ3) is 2.39. The lowest BCUT2D eigenvalue weighted by atomic mass is 9.95. The quantitative estimate of drug-likeness (QED) is 0.797. The molecule has 0 saturated heterocycles. The summed E-state index contributed by atoms with van der Waals surface area (Å²) < 4.78 is 37.6. The third-order valence-corrected chi connectivity index (χ3v) is 3.04. The van der Waals surface area contributed by atoms with Crippen molar-refractivity contribution in [3.8, 4) is 0 Å². The summed E-state index contributed by atoms with van der Waals surface area (Å²) in [5.41, 5.74) is -0.330. The van der Waals surface area contributed by atoms with Crippen molar-refractivity contribution in [2.75, 3.05) is 5.32 Å². The number of anilines is 1. The number of nitrogens with one attached hydrogen (secondary N) is 1. The average Bonchev–Trinajstić information content (AvgIpc) is 2.57. The van der Waals surface area contributed by atoms with Crippen LogP contribution in [-0.2, 0) is 12.6 Å². The zero-order chi connectivity index (χ0) is 12.8. The smallest absolute Gasteiger partial charge is 0.388 e. The van der Waals surface area contributed by atoms with Gasteiger partial charge in [0.1, 0.15) is 0 Å². The summed E-state index contributed by atoms with van der Waals surface area (Å²) in [5.74, 6) is 0. The molecule has 1 heterocycles. The molecule has 1 aromatic rings. The molecule has 1 aliphatic rings. The molecule has 0 radical (unpaired) electrons. The molecule has 17 heavy (non-hydrogen) atoms. The van der Waals surface area contributed by atoms with E-state index in [1.807, 2.05) is 0 Å². The number of fused-ring (bicyclic) bond motifs is 1. The van der Waals surface area contributed by atoms with Crippen molar-refractivity contribution in [2.45, 2.75) is 38.1 Å². The SMILES string of the molecule is CC(C)(O)C1Cc2cc(C(F)(F)F)ccc2N1. The van der Waals surface area contributed by atoms with Crippen LogP contribution >= 0.6 is 0 Å². The van der Waals surface area contributed by atoms with Crippen molar-refractivity contribution in [3.63, 3.8) is 0 Å². The lowest BCUT2D eigenvalue weighted by Crippen LogP contribution is -2.40. The molecule has 0 bridgehead atoms. The summed E-state index contributed by atoms with van der Waals surface area (Å²) in [6.45, 7) is 3.28. The number of hydrogen-bond acceptors (Lipinski definition) is 2. The van der Waals surface area contributed by atoms with Crippen LogP contribution in [0.1, 0.15) is 25.0 Å². The lowest BCUT2D eigenvalue weighted by Gasteiger charge is -2.25. The van der Waals surface area contributed by atoms with Crippen molar-refractivity contribution >= 4 is 5.69 Å². The molecule has 0 aliphatic carbocycles. The molecule has 2 nitrogen and oxygen atoms in total. The van der Waals surface area contributed by atoms with Gasteiger partial charge >= 0.3 is 6.18 Å². The summed E-state index contributed by atoms with van der Waals surface area (Å²) in [7, 11) is 0. The number of rotatable bonds is 1. The summed E-state index contributed by atoms with van der Waals surface area (Å²) in [4.78, 5) is 0. The molecule has 1 aliphatic heterocycles. The van der Waals surface area contributed by atoms with E-state index in [0.717, 1.165) is 12.1 Å². The van der Waals surface area contributed by atoms with Gasteiger partial charge in [0.15, 0.2) is 0 Å². The normalized spacial score (nSPS) is 20.0. The highest BCUT2D eigenvalue weighted by atomic mass is 19.4. The van der Waals surface area contributed by atoms with Gasteiger partial charge in [-0.25, -0.2) is 0 Å².